The van der Waals surface area contributed by atoms with E-state index in [0.717, 1.165) is 17.1 Å². The lowest BCUT2D eigenvalue weighted by Gasteiger charge is -2.12. The second kappa shape index (κ2) is 8.04. The van der Waals surface area contributed by atoms with E-state index in [1.807, 2.05) is 42.8 Å². The summed E-state index contributed by atoms with van der Waals surface area (Å²) in [4.78, 5) is 12.6. The number of aromatic nitrogens is 3. The summed E-state index contributed by atoms with van der Waals surface area (Å²) in [5.74, 6) is 2.66. The number of methoxy groups -OCH3 is 1. The molecule has 0 saturated heterocycles. The van der Waals surface area contributed by atoms with Crippen molar-refractivity contribution in [2.24, 2.45) is 7.05 Å². The lowest BCUT2D eigenvalue weighted by Crippen LogP contribution is -2.22. The van der Waals surface area contributed by atoms with Gasteiger partial charge in [-0.15, -0.1) is 10.2 Å². The Morgan fingerprint density at radius 2 is 1.93 bits per heavy atom. The SMILES string of the molecule is COc1ccc(-c2nnc(SC(C)C(=O)Nc3ccc4c(c3)OCO4)n2C)cc1. The van der Waals surface area contributed by atoms with Crippen LogP contribution in [0.4, 0.5) is 5.69 Å². The maximum atomic E-state index is 12.6. The Labute approximate surface area is 172 Å². The van der Waals surface area contributed by atoms with E-state index in [9.17, 15) is 4.79 Å². The molecular weight excluding hydrogens is 392 g/mol. The molecule has 0 aliphatic carbocycles. The molecule has 0 bridgehead atoms. The van der Waals surface area contributed by atoms with Crippen molar-refractivity contribution in [1.29, 1.82) is 0 Å². The Balaban J connectivity index is 1.43. The van der Waals surface area contributed by atoms with Crippen molar-refractivity contribution in [2.75, 3.05) is 19.2 Å². The minimum absolute atomic E-state index is 0.136. The Morgan fingerprint density at radius 3 is 2.69 bits per heavy atom. The maximum absolute atomic E-state index is 12.6. The summed E-state index contributed by atoms with van der Waals surface area (Å²) in [5, 5.41) is 11.7. The van der Waals surface area contributed by atoms with Crippen LogP contribution in [0.2, 0.25) is 0 Å². The minimum Gasteiger partial charge on any atom is -0.497 e. The number of carbonyl (C=O) groups is 1. The predicted molar refractivity (Wildman–Crippen MR) is 110 cm³/mol. The highest BCUT2D eigenvalue weighted by Crippen LogP contribution is 2.34. The molecular formula is C20H20N4O4S. The minimum atomic E-state index is -0.368. The number of carbonyl (C=O) groups excluding carboxylic acids is 1. The molecule has 1 aliphatic heterocycles. The van der Waals surface area contributed by atoms with Crippen molar-refractivity contribution in [3.63, 3.8) is 0 Å². The number of thioether (sulfide) groups is 1. The van der Waals surface area contributed by atoms with Gasteiger partial charge in [0.1, 0.15) is 5.75 Å². The topological polar surface area (TPSA) is 87.5 Å². The lowest BCUT2D eigenvalue weighted by atomic mass is 10.2. The molecule has 1 aliphatic rings. The highest BCUT2D eigenvalue weighted by molar-refractivity contribution is 8.00. The summed E-state index contributed by atoms with van der Waals surface area (Å²) in [6.07, 6.45) is 0. The van der Waals surface area contributed by atoms with Crippen LogP contribution in [-0.4, -0.2) is 39.8 Å². The van der Waals surface area contributed by atoms with Gasteiger partial charge >= 0.3 is 0 Å². The van der Waals surface area contributed by atoms with Gasteiger partial charge < -0.3 is 24.1 Å². The molecule has 4 rings (SSSR count). The van der Waals surface area contributed by atoms with Crippen LogP contribution in [0, 0.1) is 0 Å². The van der Waals surface area contributed by atoms with Crippen molar-refractivity contribution in [2.45, 2.75) is 17.3 Å². The van der Waals surface area contributed by atoms with Gasteiger partial charge in [0.2, 0.25) is 12.7 Å². The van der Waals surface area contributed by atoms with Gasteiger partial charge in [0.25, 0.3) is 0 Å². The summed E-state index contributed by atoms with van der Waals surface area (Å²) in [6, 6.07) is 12.9. The average Bonchev–Trinajstić information content (AvgIpc) is 3.34. The third-order valence-electron chi connectivity index (χ3n) is 4.47. The zero-order chi connectivity index (χ0) is 20.4. The van der Waals surface area contributed by atoms with Gasteiger partial charge in [-0.2, -0.15) is 0 Å². The number of hydrogen-bond acceptors (Lipinski definition) is 7. The second-order valence-electron chi connectivity index (χ2n) is 6.41. The quantitative estimate of drug-likeness (QED) is 0.621. The van der Waals surface area contributed by atoms with Crippen LogP contribution < -0.4 is 19.5 Å². The number of rotatable bonds is 6. The van der Waals surface area contributed by atoms with E-state index < -0.39 is 0 Å². The summed E-state index contributed by atoms with van der Waals surface area (Å²) in [5.41, 5.74) is 1.58. The smallest absolute Gasteiger partial charge is 0.237 e. The lowest BCUT2D eigenvalue weighted by molar-refractivity contribution is -0.115. The summed E-state index contributed by atoms with van der Waals surface area (Å²) < 4.78 is 17.7. The predicted octanol–water partition coefficient (Wildman–Crippen LogP) is 3.34. The molecule has 8 nitrogen and oxygen atoms in total. The van der Waals surface area contributed by atoms with E-state index in [1.54, 1.807) is 25.3 Å². The van der Waals surface area contributed by atoms with Gasteiger partial charge in [-0.3, -0.25) is 4.79 Å². The molecule has 29 heavy (non-hydrogen) atoms. The monoisotopic (exact) mass is 412 g/mol. The summed E-state index contributed by atoms with van der Waals surface area (Å²) >= 11 is 1.34. The van der Waals surface area contributed by atoms with Crippen LogP contribution in [0.15, 0.2) is 47.6 Å². The molecule has 0 fully saturated rings. The van der Waals surface area contributed by atoms with Gasteiger partial charge in [0.05, 0.1) is 12.4 Å². The molecule has 0 saturated carbocycles. The molecule has 1 atom stereocenters. The third kappa shape index (κ3) is 4.00. The molecule has 2 heterocycles. The number of hydrogen-bond donors (Lipinski definition) is 1. The number of anilines is 1. The molecule has 1 amide bonds. The first-order valence-corrected chi connectivity index (χ1v) is 9.84. The summed E-state index contributed by atoms with van der Waals surface area (Å²) in [7, 11) is 3.51. The van der Waals surface area contributed by atoms with Gasteiger partial charge in [0, 0.05) is 24.4 Å². The Hall–Kier alpha value is -3.20. The average molecular weight is 412 g/mol. The summed E-state index contributed by atoms with van der Waals surface area (Å²) in [6.45, 7) is 2.02. The number of ether oxygens (including phenoxy) is 3. The van der Waals surface area contributed by atoms with Crippen molar-refractivity contribution >= 4 is 23.4 Å². The van der Waals surface area contributed by atoms with Crippen molar-refractivity contribution < 1.29 is 19.0 Å². The van der Waals surface area contributed by atoms with Crippen molar-refractivity contribution in [1.82, 2.24) is 14.8 Å². The highest BCUT2D eigenvalue weighted by Gasteiger charge is 2.21. The van der Waals surface area contributed by atoms with E-state index in [-0.39, 0.29) is 18.0 Å². The third-order valence-corrected chi connectivity index (χ3v) is 5.61. The fourth-order valence-corrected chi connectivity index (χ4v) is 3.65. The van der Waals surface area contributed by atoms with Crippen LogP contribution in [0.25, 0.3) is 11.4 Å². The molecule has 1 unspecified atom stereocenters. The second-order valence-corrected chi connectivity index (χ2v) is 7.72. The molecule has 0 spiro atoms. The van der Waals surface area contributed by atoms with Gasteiger partial charge in [0.15, 0.2) is 22.5 Å². The van der Waals surface area contributed by atoms with E-state index in [4.69, 9.17) is 14.2 Å². The van der Waals surface area contributed by atoms with Crippen LogP contribution in [0.1, 0.15) is 6.92 Å². The zero-order valence-corrected chi connectivity index (χ0v) is 17.0. The van der Waals surface area contributed by atoms with Gasteiger partial charge in [-0.1, -0.05) is 11.8 Å². The molecule has 1 N–H and O–H groups in total. The fourth-order valence-electron chi connectivity index (χ4n) is 2.84. The number of nitrogens with one attached hydrogen (secondary N) is 1. The van der Waals surface area contributed by atoms with Crippen LogP contribution >= 0.6 is 11.8 Å². The van der Waals surface area contributed by atoms with Crippen LogP contribution in [0.3, 0.4) is 0 Å². The van der Waals surface area contributed by atoms with E-state index in [1.165, 1.54) is 11.8 Å². The first-order valence-electron chi connectivity index (χ1n) is 8.96. The maximum Gasteiger partial charge on any atom is 0.237 e. The molecule has 9 heteroatoms. The number of benzene rings is 2. The van der Waals surface area contributed by atoms with Crippen molar-refractivity contribution in [3.05, 3.63) is 42.5 Å². The molecule has 150 valence electrons. The Bertz CT molecular complexity index is 1040. The van der Waals surface area contributed by atoms with Crippen molar-refractivity contribution in [3.8, 4) is 28.6 Å². The van der Waals surface area contributed by atoms with E-state index >= 15 is 0 Å². The van der Waals surface area contributed by atoms with E-state index in [0.29, 0.717) is 22.3 Å². The molecule has 1 aromatic heterocycles. The normalized spacial score (nSPS) is 13.2. The Morgan fingerprint density at radius 1 is 1.17 bits per heavy atom. The standard InChI is InChI=1S/C20H20N4O4S/c1-12(19(25)21-14-6-9-16-17(10-14)28-11-27-16)29-20-23-22-18(24(20)2)13-4-7-15(26-3)8-5-13/h4-10,12H,11H2,1-3H3,(H,21,25). The number of amides is 1. The first kappa shape index (κ1) is 19.1. The first-order chi connectivity index (χ1) is 14.0. The zero-order valence-electron chi connectivity index (χ0n) is 16.2. The highest BCUT2D eigenvalue weighted by atomic mass is 32.2. The van der Waals surface area contributed by atoms with E-state index in [2.05, 4.69) is 15.5 Å². The van der Waals surface area contributed by atoms with Crippen LogP contribution in [0.5, 0.6) is 17.2 Å². The van der Waals surface area contributed by atoms with Gasteiger partial charge in [-0.25, -0.2) is 0 Å². The van der Waals surface area contributed by atoms with Crippen LogP contribution in [-0.2, 0) is 11.8 Å². The molecule has 3 aromatic rings. The number of fused-ring (bicyclic) bond motifs is 1. The largest absolute Gasteiger partial charge is 0.497 e. The fraction of sp³-hybridized carbons (Fsp3) is 0.250. The molecule has 0 radical (unpaired) electrons. The Kier molecular flexibility index (Phi) is 5.30. The number of nitrogens with zero attached hydrogens (tertiary/aromatic N) is 3. The molecule has 2 aromatic carbocycles. The van der Waals surface area contributed by atoms with Gasteiger partial charge in [-0.05, 0) is 43.3 Å².